The normalized spacial score (nSPS) is 10.7. The monoisotopic (exact) mass is 508 g/mol. The number of nitro groups is 1. The molecule has 0 amide bonds. The number of aryl methyl sites for hydroxylation is 4. The average molecular weight is 509 g/mol. The first-order valence-electron chi connectivity index (χ1n) is 9.80. The summed E-state index contributed by atoms with van der Waals surface area (Å²) in [6, 6.07) is 7.93. The fourth-order valence-electron chi connectivity index (χ4n) is 3.52. The van der Waals surface area contributed by atoms with Crippen LogP contribution in [0.1, 0.15) is 11.4 Å². The lowest BCUT2D eigenvalue weighted by molar-refractivity contribution is -0.384. The summed E-state index contributed by atoms with van der Waals surface area (Å²) in [5.41, 5.74) is 9.42. The maximum Gasteiger partial charge on any atom is 0.317 e. The molecule has 2 aromatic heterocycles. The van der Waals surface area contributed by atoms with Crippen LogP contribution in [-0.4, -0.2) is 24.5 Å². The fraction of sp³-hybridized carbons (Fsp3) is 0.182. The molecule has 2 heterocycles. The third-order valence-electron chi connectivity index (χ3n) is 5.01. The zero-order chi connectivity index (χ0) is 25.3. The van der Waals surface area contributed by atoms with E-state index in [9.17, 15) is 18.9 Å². The van der Waals surface area contributed by atoms with Gasteiger partial charge < -0.3 is 5.73 Å². The van der Waals surface area contributed by atoms with Crippen LogP contribution in [0.4, 0.5) is 20.2 Å². The largest absolute Gasteiger partial charge is 0.395 e. The highest BCUT2D eigenvalue weighted by molar-refractivity contribution is 6.33. The highest BCUT2D eigenvalue weighted by atomic mass is 35.5. The summed E-state index contributed by atoms with van der Waals surface area (Å²) in [6.45, 7) is 3.36. The Kier molecular flexibility index (Phi) is 7.23. The Labute approximate surface area is 203 Å². The topological polar surface area (TPSA) is 105 Å². The van der Waals surface area contributed by atoms with Crippen LogP contribution in [0.2, 0.25) is 10.0 Å². The van der Waals surface area contributed by atoms with Crippen molar-refractivity contribution in [3.8, 4) is 22.5 Å². The summed E-state index contributed by atoms with van der Waals surface area (Å²) in [5, 5.41) is 19.7. The Morgan fingerprint density at radius 3 is 1.74 bits per heavy atom. The molecule has 0 aliphatic heterocycles. The smallest absolute Gasteiger partial charge is 0.317 e. The van der Waals surface area contributed by atoms with Crippen molar-refractivity contribution < 1.29 is 13.7 Å². The lowest BCUT2D eigenvalue weighted by Crippen LogP contribution is -1.97. The van der Waals surface area contributed by atoms with Crippen LogP contribution in [0.3, 0.4) is 0 Å². The van der Waals surface area contributed by atoms with Gasteiger partial charge in [-0.25, -0.2) is 8.78 Å². The van der Waals surface area contributed by atoms with Gasteiger partial charge in [-0.2, -0.15) is 10.2 Å². The van der Waals surface area contributed by atoms with Crippen molar-refractivity contribution >= 4 is 34.6 Å². The highest BCUT2D eigenvalue weighted by Gasteiger charge is 2.26. The number of nitrogens with zero attached hydrogens (tertiary/aromatic N) is 5. The second kappa shape index (κ2) is 9.78. The molecule has 2 aromatic carbocycles. The number of halogens is 4. The third kappa shape index (κ3) is 4.87. The van der Waals surface area contributed by atoms with E-state index >= 15 is 0 Å². The van der Waals surface area contributed by atoms with Gasteiger partial charge in [-0.05, 0) is 50.2 Å². The van der Waals surface area contributed by atoms with Crippen molar-refractivity contribution in [2.75, 3.05) is 5.73 Å². The van der Waals surface area contributed by atoms with Crippen molar-refractivity contribution in [1.29, 1.82) is 0 Å². The van der Waals surface area contributed by atoms with Gasteiger partial charge in [-0.1, -0.05) is 23.2 Å². The second-order valence-electron chi connectivity index (χ2n) is 7.38. The Balaban J connectivity index is 0.000000192. The van der Waals surface area contributed by atoms with Gasteiger partial charge in [-0.15, -0.1) is 0 Å². The van der Waals surface area contributed by atoms with Gasteiger partial charge in [-0.3, -0.25) is 19.5 Å². The van der Waals surface area contributed by atoms with E-state index in [0.717, 1.165) is 11.8 Å². The van der Waals surface area contributed by atoms with Crippen molar-refractivity contribution in [3.63, 3.8) is 0 Å². The molecular weight excluding hydrogens is 489 g/mol. The van der Waals surface area contributed by atoms with Gasteiger partial charge in [0.25, 0.3) is 0 Å². The zero-order valence-electron chi connectivity index (χ0n) is 18.6. The minimum atomic E-state index is -0.517. The van der Waals surface area contributed by atoms with E-state index in [1.165, 1.54) is 28.9 Å². The molecule has 4 rings (SSSR count). The Hall–Kier alpha value is -3.50. The summed E-state index contributed by atoms with van der Waals surface area (Å²) >= 11 is 11.9. The molecule has 0 saturated carbocycles. The lowest BCUT2D eigenvalue weighted by Gasteiger charge is -2.06. The molecule has 178 valence electrons. The molecule has 0 radical (unpaired) electrons. The summed E-state index contributed by atoms with van der Waals surface area (Å²) < 4.78 is 28.9. The molecule has 8 nitrogen and oxygen atoms in total. The molecule has 0 aliphatic carbocycles. The van der Waals surface area contributed by atoms with E-state index in [2.05, 4.69) is 10.2 Å². The minimum Gasteiger partial charge on any atom is -0.395 e. The maximum absolute atomic E-state index is 13.0. The number of nitrogens with two attached hydrogens (primary N) is 1. The first-order chi connectivity index (χ1) is 15.9. The number of nitrogen functional groups attached to an aromatic ring is 1. The molecule has 0 spiro atoms. The van der Waals surface area contributed by atoms with E-state index in [0.29, 0.717) is 27.5 Å². The van der Waals surface area contributed by atoms with Crippen molar-refractivity contribution in [3.05, 3.63) is 79.6 Å². The SMILES string of the molecule is Cc1nn(C)c(-c2ccc(F)cc2Cl)c1N.Cc1nn(C)c(-c2ccc(F)cc2Cl)c1[N+](=O)[O-]. The lowest BCUT2D eigenvalue weighted by atomic mass is 10.1. The van der Waals surface area contributed by atoms with E-state index in [1.807, 2.05) is 6.92 Å². The first kappa shape index (κ1) is 25.1. The highest BCUT2D eigenvalue weighted by Crippen LogP contribution is 2.36. The number of benzene rings is 2. The van der Waals surface area contributed by atoms with Gasteiger partial charge >= 0.3 is 5.69 Å². The standard InChI is InChI=1S/C11H9ClFN3O2.C11H11ClFN3/c1-6-10(16(17)18)11(15(2)14-6)8-4-3-7(13)5-9(8)12;1-6-10(14)11(16(2)15-6)8-4-3-7(13)5-9(8)12/h3-5H,1-2H3;3-5H,14H2,1-2H3. The van der Waals surface area contributed by atoms with Crippen molar-refractivity contribution in [1.82, 2.24) is 19.6 Å². The number of aromatic nitrogens is 4. The molecule has 0 fully saturated rings. The number of rotatable bonds is 3. The molecule has 34 heavy (non-hydrogen) atoms. The van der Waals surface area contributed by atoms with Crippen LogP contribution in [0.15, 0.2) is 36.4 Å². The molecule has 2 N–H and O–H groups in total. The minimum absolute atomic E-state index is 0.112. The van der Waals surface area contributed by atoms with E-state index < -0.39 is 10.7 Å². The number of hydrogen-bond acceptors (Lipinski definition) is 5. The summed E-state index contributed by atoms with van der Waals surface area (Å²) in [7, 11) is 3.35. The molecular formula is C22H20Cl2F2N6O2. The second-order valence-corrected chi connectivity index (χ2v) is 8.20. The summed E-state index contributed by atoms with van der Waals surface area (Å²) in [6.07, 6.45) is 0. The average Bonchev–Trinajstić information content (AvgIpc) is 3.17. The van der Waals surface area contributed by atoms with Gasteiger partial charge in [0, 0.05) is 25.2 Å². The van der Waals surface area contributed by atoms with Crippen molar-refractivity contribution in [2.24, 2.45) is 14.1 Å². The first-order valence-corrected chi connectivity index (χ1v) is 10.6. The van der Waals surface area contributed by atoms with E-state index in [-0.39, 0.29) is 27.9 Å². The van der Waals surface area contributed by atoms with E-state index in [4.69, 9.17) is 28.9 Å². The van der Waals surface area contributed by atoms with Gasteiger partial charge in [0.05, 0.1) is 32.0 Å². The molecule has 0 aliphatic rings. The van der Waals surface area contributed by atoms with Crippen LogP contribution < -0.4 is 5.73 Å². The van der Waals surface area contributed by atoms with Crippen LogP contribution in [-0.2, 0) is 14.1 Å². The van der Waals surface area contributed by atoms with Crippen LogP contribution in [0.5, 0.6) is 0 Å². The quantitative estimate of drug-likeness (QED) is 0.275. The van der Waals surface area contributed by atoms with Crippen LogP contribution in [0.25, 0.3) is 22.5 Å². The summed E-state index contributed by atoms with van der Waals surface area (Å²) in [4.78, 5) is 10.5. The van der Waals surface area contributed by atoms with Gasteiger partial charge in [0.15, 0.2) is 0 Å². The van der Waals surface area contributed by atoms with Gasteiger partial charge in [0.1, 0.15) is 23.0 Å². The predicted octanol–water partition coefficient (Wildman–Crippen LogP) is 5.87. The Morgan fingerprint density at radius 2 is 1.32 bits per heavy atom. The Morgan fingerprint density at radius 1 is 0.882 bits per heavy atom. The zero-order valence-corrected chi connectivity index (χ0v) is 20.1. The van der Waals surface area contributed by atoms with E-state index in [1.54, 1.807) is 31.8 Å². The predicted molar refractivity (Wildman–Crippen MR) is 128 cm³/mol. The third-order valence-corrected chi connectivity index (χ3v) is 5.64. The molecule has 0 atom stereocenters. The van der Waals surface area contributed by atoms with Gasteiger partial charge in [0.2, 0.25) is 0 Å². The molecule has 0 bridgehead atoms. The molecule has 4 aromatic rings. The molecule has 0 unspecified atom stereocenters. The van der Waals surface area contributed by atoms with Crippen LogP contribution >= 0.6 is 23.2 Å². The Bertz CT molecular complexity index is 1400. The number of hydrogen-bond donors (Lipinski definition) is 1. The maximum atomic E-state index is 13.0. The fourth-order valence-corrected chi connectivity index (χ4v) is 4.04. The number of anilines is 1. The molecule has 12 heteroatoms. The van der Waals surface area contributed by atoms with Crippen molar-refractivity contribution in [2.45, 2.75) is 13.8 Å². The summed E-state index contributed by atoms with van der Waals surface area (Å²) in [5.74, 6) is -0.864. The molecule has 0 saturated heterocycles. The van der Waals surface area contributed by atoms with Crippen LogP contribution in [0, 0.1) is 35.6 Å².